The van der Waals surface area contributed by atoms with E-state index in [-0.39, 0.29) is 17.3 Å². The summed E-state index contributed by atoms with van der Waals surface area (Å²) in [6, 6.07) is 80.9. The second-order valence-electron chi connectivity index (χ2n) is 20.0. The van der Waals surface area contributed by atoms with Gasteiger partial charge in [0.15, 0.2) is 0 Å². The van der Waals surface area contributed by atoms with Crippen LogP contribution in [0.2, 0.25) is 0 Å². The lowest BCUT2D eigenvalue weighted by Gasteiger charge is -2.44. The predicted molar refractivity (Wildman–Crippen MR) is 292 cm³/mol. The summed E-state index contributed by atoms with van der Waals surface area (Å²) in [6.45, 7) is 4.91. The van der Waals surface area contributed by atoms with Gasteiger partial charge in [0.05, 0.1) is 5.41 Å². The summed E-state index contributed by atoms with van der Waals surface area (Å²) in [7, 11) is 0. The van der Waals surface area contributed by atoms with Gasteiger partial charge in [-0.25, -0.2) is 0 Å². The molecule has 336 valence electrons. The van der Waals surface area contributed by atoms with Crippen LogP contribution in [0.5, 0.6) is 0 Å². The lowest BCUT2D eigenvalue weighted by atomic mass is 9.64. The highest BCUT2D eigenvalue weighted by Gasteiger charge is 2.53. The molecule has 3 unspecified atom stereocenters. The van der Waals surface area contributed by atoms with Crippen molar-refractivity contribution in [2.75, 3.05) is 9.80 Å². The molecule has 70 heavy (non-hydrogen) atoms. The summed E-state index contributed by atoms with van der Waals surface area (Å²) >= 11 is 0. The topological polar surface area (TPSA) is 6.48 Å². The highest BCUT2D eigenvalue weighted by atomic mass is 15.2. The number of nitrogens with zero attached hydrogens (tertiary/aromatic N) is 2. The second-order valence-corrected chi connectivity index (χ2v) is 20.0. The Morgan fingerprint density at radius 1 is 0.457 bits per heavy atom. The zero-order valence-corrected chi connectivity index (χ0v) is 39.7. The Balaban J connectivity index is 1.09. The third-order valence-corrected chi connectivity index (χ3v) is 16.0. The Labute approximate surface area is 412 Å². The minimum atomic E-state index is -0.639. The van der Waals surface area contributed by atoms with Gasteiger partial charge in [0.25, 0.3) is 0 Å². The van der Waals surface area contributed by atoms with E-state index in [1.807, 2.05) is 0 Å². The molecular formula is C68H54N2. The SMILES string of the molecule is CC1(C)c2ccccc2C2=CC=C(N(C3=C4C(=CC5C=CC=CC35)C(c3ccccc3)(c3ccccc3)c3cc(N(c5ccccc5)c5ccc(-c6ccccc6)cc5)ccc34)c3ccccc3)CC21. The summed E-state index contributed by atoms with van der Waals surface area (Å²) in [6.07, 6.45) is 17.9. The van der Waals surface area contributed by atoms with Crippen LogP contribution in [0.3, 0.4) is 0 Å². The zero-order chi connectivity index (χ0) is 46.8. The molecule has 2 heteroatoms. The summed E-state index contributed by atoms with van der Waals surface area (Å²) in [5.74, 6) is 0.578. The van der Waals surface area contributed by atoms with Crippen molar-refractivity contribution in [1.29, 1.82) is 0 Å². The van der Waals surface area contributed by atoms with Crippen LogP contribution in [-0.2, 0) is 10.8 Å². The number of anilines is 4. The molecule has 5 aliphatic carbocycles. The highest BCUT2D eigenvalue weighted by molar-refractivity contribution is 6.00. The molecule has 8 aromatic carbocycles. The van der Waals surface area contributed by atoms with E-state index in [0.717, 1.165) is 23.5 Å². The van der Waals surface area contributed by atoms with Gasteiger partial charge in [-0.15, -0.1) is 0 Å². The van der Waals surface area contributed by atoms with Gasteiger partial charge in [-0.1, -0.05) is 220 Å². The van der Waals surface area contributed by atoms with E-state index in [4.69, 9.17) is 0 Å². The van der Waals surface area contributed by atoms with Crippen molar-refractivity contribution in [3.05, 3.63) is 311 Å². The van der Waals surface area contributed by atoms with Crippen LogP contribution in [0.1, 0.15) is 53.6 Å². The molecule has 0 fully saturated rings. The monoisotopic (exact) mass is 898 g/mol. The molecule has 0 bridgehead atoms. The molecule has 0 radical (unpaired) electrons. The molecule has 0 aromatic heterocycles. The van der Waals surface area contributed by atoms with Crippen molar-refractivity contribution in [1.82, 2.24) is 0 Å². The van der Waals surface area contributed by atoms with Crippen LogP contribution in [0, 0.1) is 17.8 Å². The normalized spacial score (nSPS) is 19.7. The van der Waals surface area contributed by atoms with Crippen LogP contribution in [0.25, 0.3) is 22.3 Å². The Morgan fingerprint density at radius 2 is 1.00 bits per heavy atom. The Hall–Kier alpha value is -8.20. The molecule has 0 saturated heterocycles. The van der Waals surface area contributed by atoms with Crippen molar-refractivity contribution < 1.29 is 0 Å². The van der Waals surface area contributed by atoms with Crippen LogP contribution >= 0.6 is 0 Å². The molecule has 2 nitrogen and oxygen atoms in total. The first-order valence-electron chi connectivity index (χ1n) is 24.9. The van der Waals surface area contributed by atoms with Gasteiger partial charge in [0.2, 0.25) is 0 Å². The smallest absolute Gasteiger partial charge is 0.0712 e. The third kappa shape index (κ3) is 6.54. The van der Waals surface area contributed by atoms with Crippen molar-refractivity contribution in [2.24, 2.45) is 17.8 Å². The van der Waals surface area contributed by atoms with E-state index in [1.54, 1.807) is 0 Å². The molecule has 3 atom stereocenters. The second kappa shape index (κ2) is 16.8. The summed E-state index contributed by atoms with van der Waals surface area (Å²) < 4.78 is 0. The quantitative estimate of drug-likeness (QED) is 0.142. The van der Waals surface area contributed by atoms with E-state index in [0.29, 0.717) is 5.92 Å². The number of hydrogen-bond acceptors (Lipinski definition) is 2. The molecule has 8 aromatic rings. The van der Waals surface area contributed by atoms with Crippen LogP contribution < -0.4 is 9.80 Å². The maximum Gasteiger partial charge on any atom is 0.0712 e. The molecule has 0 saturated carbocycles. The fourth-order valence-electron chi connectivity index (χ4n) is 12.8. The average Bonchev–Trinajstić information content (AvgIpc) is 3.84. The largest absolute Gasteiger partial charge is 0.317 e. The van der Waals surface area contributed by atoms with E-state index < -0.39 is 5.41 Å². The first-order chi connectivity index (χ1) is 34.5. The highest BCUT2D eigenvalue weighted by Crippen LogP contribution is 2.63. The Bertz CT molecular complexity index is 3430. The van der Waals surface area contributed by atoms with Gasteiger partial charge in [-0.2, -0.15) is 0 Å². The number of para-hydroxylation sites is 2. The number of rotatable bonds is 9. The predicted octanol–water partition coefficient (Wildman–Crippen LogP) is 17.0. The van der Waals surface area contributed by atoms with E-state index >= 15 is 0 Å². The van der Waals surface area contributed by atoms with Gasteiger partial charge >= 0.3 is 0 Å². The Morgan fingerprint density at radius 3 is 1.67 bits per heavy atom. The fourth-order valence-corrected chi connectivity index (χ4v) is 12.8. The molecule has 0 spiro atoms. The molecule has 0 heterocycles. The van der Waals surface area contributed by atoms with Gasteiger partial charge < -0.3 is 9.80 Å². The number of benzene rings is 8. The first-order valence-corrected chi connectivity index (χ1v) is 24.9. The molecule has 5 aliphatic rings. The van der Waals surface area contributed by atoms with Gasteiger partial charge in [0.1, 0.15) is 0 Å². The van der Waals surface area contributed by atoms with Crippen molar-refractivity contribution in [3.63, 3.8) is 0 Å². The van der Waals surface area contributed by atoms with Gasteiger partial charge in [-0.05, 0) is 128 Å². The summed E-state index contributed by atoms with van der Waals surface area (Å²) in [5.41, 5.74) is 21.0. The van der Waals surface area contributed by atoms with Gasteiger partial charge in [0, 0.05) is 51.6 Å². The van der Waals surface area contributed by atoms with Crippen molar-refractivity contribution in [2.45, 2.75) is 31.1 Å². The molecular weight excluding hydrogens is 845 g/mol. The average molecular weight is 899 g/mol. The van der Waals surface area contributed by atoms with E-state index in [2.05, 4.69) is 285 Å². The van der Waals surface area contributed by atoms with E-state index in [9.17, 15) is 0 Å². The van der Waals surface area contributed by atoms with Crippen LogP contribution in [0.4, 0.5) is 22.7 Å². The number of fused-ring (bicyclic) bond motifs is 7. The van der Waals surface area contributed by atoms with Gasteiger partial charge in [-0.3, -0.25) is 0 Å². The van der Waals surface area contributed by atoms with E-state index in [1.165, 1.54) is 78.3 Å². The number of hydrogen-bond donors (Lipinski definition) is 0. The maximum atomic E-state index is 2.68. The lowest BCUT2D eigenvalue weighted by Crippen LogP contribution is -2.37. The first kappa shape index (κ1) is 41.9. The molecule has 0 aliphatic heterocycles. The Kier molecular flexibility index (Phi) is 10.1. The molecule has 0 amide bonds. The summed E-state index contributed by atoms with van der Waals surface area (Å²) in [4.78, 5) is 5.12. The molecule has 13 rings (SSSR count). The third-order valence-electron chi connectivity index (χ3n) is 16.0. The maximum absolute atomic E-state index is 2.68. The van der Waals surface area contributed by atoms with Crippen LogP contribution in [0.15, 0.2) is 278 Å². The standard InChI is InChI=1S/C68H54N2/c1-67(2)61-35-21-20-34-58(61)59-42-40-56(45-62(59)67)70(53-31-16-7-17-32-53)66-57-33-19-18-24-49(57)44-64-65(66)60-43-41-55(46-63(60)68(64,50-25-10-4-11-26-50)51-27-12-5-13-28-51)69(52-29-14-6-15-30-52)54-38-36-48(37-39-54)47-22-8-3-9-23-47/h3-44,46,49,57,62H,45H2,1-2H3. The fraction of sp³-hybridized carbons (Fsp3) is 0.118. The number of allylic oxidation sites excluding steroid dienone is 11. The van der Waals surface area contributed by atoms with Crippen molar-refractivity contribution in [3.8, 4) is 11.1 Å². The lowest BCUT2D eigenvalue weighted by molar-refractivity contribution is 0.405. The minimum absolute atomic E-state index is 0.0195. The zero-order valence-electron chi connectivity index (χ0n) is 39.7. The van der Waals surface area contributed by atoms with Crippen molar-refractivity contribution >= 4 is 33.9 Å². The minimum Gasteiger partial charge on any atom is -0.317 e. The van der Waals surface area contributed by atoms with Crippen LogP contribution in [-0.4, -0.2) is 0 Å². The summed E-state index contributed by atoms with van der Waals surface area (Å²) in [5, 5.41) is 0. The molecule has 0 N–H and O–H groups in total.